The molecule has 2 aromatic heterocycles. The Labute approximate surface area is 146 Å². The van der Waals surface area contributed by atoms with Crippen LogP contribution in [0.1, 0.15) is 16.7 Å². The van der Waals surface area contributed by atoms with E-state index >= 15 is 0 Å². The molecule has 0 radical (unpaired) electrons. The molecular weight excluding hydrogens is 340 g/mol. The normalized spacial score (nSPS) is 11.3. The molecule has 0 saturated carbocycles. The summed E-state index contributed by atoms with van der Waals surface area (Å²) in [5.74, 6) is 0. The van der Waals surface area contributed by atoms with Crippen molar-refractivity contribution >= 4 is 49.5 Å². The van der Waals surface area contributed by atoms with Crippen LogP contribution in [0.25, 0.3) is 21.3 Å². The number of hydrogen-bond donors (Lipinski definition) is 1. The Morgan fingerprint density at radius 1 is 1.12 bits per heavy atom. The van der Waals surface area contributed by atoms with Gasteiger partial charge < -0.3 is 4.42 Å². The molecule has 8 heteroatoms. The van der Waals surface area contributed by atoms with E-state index in [0.717, 1.165) is 32.5 Å². The molecule has 0 aliphatic carbocycles. The molecule has 0 unspecified atom stereocenters. The monoisotopic (exact) mass is 354 g/mol. The van der Waals surface area contributed by atoms with Gasteiger partial charge >= 0.3 is 6.01 Å². The number of nitrogens with zero attached hydrogens (tertiary/aromatic N) is 3. The summed E-state index contributed by atoms with van der Waals surface area (Å²) in [7, 11) is 0. The molecule has 0 saturated heterocycles. The molecule has 1 N–H and O–H groups in total. The van der Waals surface area contributed by atoms with Crippen molar-refractivity contribution in [1.29, 1.82) is 0 Å². The van der Waals surface area contributed by atoms with E-state index < -0.39 is 4.92 Å². The van der Waals surface area contributed by atoms with Crippen molar-refractivity contribution < 1.29 is 9.34 Å². The van der Waals surface area contributed by atoms with Crippen molar-refractivity contribution in [2.75, 3.05) is 5.32 Å². The topological polar surface area (TPSA) is 94.1 Å². The Morgan fingerprint density at radius 2 is 1.88 bits per heavy atom. The van der Waals surface area contributed by atoms with Gasteiger partial charge in [0.05, 0.1) is 9.62 Å². The zero-order chi connectivity index (χ0) is 17.7. The number of hydrogen-bond acceptors (Lipinski definition) is 7. The molecule has 4 aromatic rings. The molecule has 0 aliphatic rings. The number of nitrogens with one attached hydrogen (secondary N) is 1. The maximum absolute atomic E-state index is 11.2. The van der Waals surface area contributed by atoms with Crippen LogP contribution in [-0.2, 0) is 0 Å². The molecule has 0 aliphatic heterocycles. The van der Waals surface area contributed by atoms with Gasteiger partial charge in [-0.15, -0.1) is 0 Å². The van der Waals surface area contributed by atoms with Crippen LogP contribution in [0.15, 0.2) is 28.7 Å². The molecule has 2 heterocycles. The summed E-state index contributed by atoms with van der Waals surface area (Å²) < 4.78 is 6.51. The molecule has 0 fully saturated rings. The number of nitro benzene ring substituents is 1. The average molecular weight is 354 g/mol. The minimum atomic E-state index is -0.412. The van der Waals surface area contributed by atoms with E-state index in [9.17, 15) is 10.1 Å². The van der Waals surface area contributed by atoms with E-state index in [-0.39, 0.29) is 5.69 Å². The van der Waals surface area contributed by atoms with E-state index in [2.05, 4.69) is 15.3 Å². The molecule has 0 spiro atoms. The minimum Gasteiger partial charge on any atom is -0.423 e. The number of non-ortho nitro benzene ring substituents is 1. The van der Waals surface area contributed by atoms with E-state index in [4.69, 9.17) is 4.42 Å². The molecule has 0 bridgehead atoms. The quantitative estimate of drug-likeness (QED) is 0.410. The van der Waals surface area contributed by atoms with Crippen molar-refractivity contribution in [2.24, 2.45) is 0 Å². The van der Waals surface area contributed by atoms with Crippen LogP contribution in [0.4, 0.5) is 16.8 Å². The Kier molecular flexibility index (Phi) is 3.43. The highest BCUT2D eigenvalue weighted by atomic mass is 32.1. The van der Waals surface area contributed by atoms with Crippen molar-refractivity contribution in [3.05, 3.63) is 51.1 Å². The molecule has 0 amide bonds. The molecule has 4 rings (SSSR count). The number of aromatic nitrogens is 2. The predicted octanol–water partition coefficient (Wildman–Crippen LogP) is 5.01. The lowest BCUT2D eigenvalue weighted by Crippen LogP contribution is -1.91. The zero-order valence-corrected chi connectivity index (χ0v) is 14.6. The summed E-state index contributed by atoms with van der Waals surface area (Å²) in [6, 6.07) is 7.70. The second kappa shape index (κ2) is 5.52. The highest BCUT2D eigenvalue weighted by Crippen LogP contribution is 2.35. The highest BCUT2D eigenvalue weighted by Gasteiger charge is 2.18. The van der Waals surface area contributed by atoms with Crippen molar-refractivity contribution in [1.82, 2.24) is 9.97 Å². The average Bonchev–Trinajstić information content (AvgIpc) is 3.09. The third kappa shape index (κ3) is 2.70. The Hall–Kier alpha value is -3.00. The fourth-order valence-electron chi connectivity index (χ4n) is 2.86. The lowest BCUT2D eigenvalue weighted by atomic mass is 10.1. The number of rotatable bonds is 3. The van der Waals surface area contributed by atoms with Crippen molar-refractivity contribution in [3.63, 3.8) is 0 Å². The van der Waals surface area contributed by atoms with E-state index in [1.165, 1.54) is 17.4 Å². The molecule has 2 aromatic carbocycles. The largest absolute Gasteiger partial charge is 0.423 e. The van der Waals surface area contributed by atoms with Crippen molar-refractivity contribution in [2.45, 2.75) is 20.8 Å². The summed E-state index contributed by atoms with van der Waals surface area (Å²) >= 11 is 1.33. The third-order valence-electron chi connectivity index (χ3n) is 3.85. The number of oxazole rings is 1. The predicted molar refractivity (Wildman–Crippen MR) is 97.8 cm³/mol. The highest BCUT2D eigenvalue weighted by molar-refractivity contribution is 7.22. The first-order chi connectivity index (χ1) is 11.9. The van der Waals surface area contributed by atoms with Crippen LogP contribution < -0.4 is 5.32 Å². The number of anilines is 2. The van der Waals surface area contributed by atoms with Crippen LogP contribution in [0, 0.1) is 30.9 Å². The smallest absolute Gasteiger partial charge is 0.302 e. The molecule has 25 heavy (non-hydrogen) atoms. The van der Waals surface area contributed by atoms with Crippen LogP contribution in [-0.4, -0.2) is 14.9 Å². The molecule has 7 nitrogen and oxygen atoms in total. The summed E-state index contributed by atoms with van der Waals surface area (Å²) in [5, 5.41) is 14.8. The van der Waals surface area contributed by atoms with Gasteiger partial charge in [-0.3, -0.25) is 15.4 Å². The van der Waals surface area contributed by atoms with Gasteiger partial charge in [-0.1, -0.05) is 17.4 Å². The lowest BCUT2D eigenvalue weighted by molar-refractivity contribution is -0.383. The summed E-state index contributed by atoms with van der Waals surface area (Å²) in [6.45, 7) is 5.79. The third-order valence-corrected chi connectivity index (χ3v) is 4.77. The van der Waals surface area contributed by atoms with Crippen LogP contribution in [0.2, 0.25) is 0 Å². The molecule has 0 atom stereocenters. The van der Waals surface area contributed by atoms with Gasteiger partial charge in [-0.2, -0.15) is 4.98 Å². The fourth-order valence-corrected chi connectivity index (χ4v) is 3.84. The number of fused-ring (bicyclic) bond motifs is 2. The minimum absolute atomic E-state index is 0.00309. The van der Waals surface area contributed by atoms with E-state index in [0.29, 0.717) is 16.7 Å². The summed E-state index contributed by atoms with van der Waals surface area (Å²) in [5.41, 5.74) is 4.79. The lowest BCUT2D eigenvalue weighted by Gasteiger charge is -1.95. The van der Waals surface area contributed by atoms with Gasteiger partial charge in [0.2, 0.25) is 0 Å². The Balaban J connectivity index is 1.77. The molecular formula is C17H14N4O3S. The second-order valence-electron chi connectivity index (χ2n) is 5.98. The van der Waals surface area contributed by atoms with Gasteiger partial charge in [0.25, 0.3) is 5.69 Å². The van der Waals surface area contributed by atoms with Crippen molar-refractivity contribution in [3.8, 4) is 0 Å². The van der Waals surface area contributed by atoms with Crippen LogP contribution >= 0.6 is 11.3 Å². The van der Waals surface area contributed by atoms with Crippen LogP contribution in [0.3, 0.4) is 0 Å². The van der Waals surface area contributed by atoms with E-state index in [1.54, 1.807) is 0 Å². The van der Waals surface area contributed by atoms with E-state index in [1.807, 2.05) is 39.0 Å². The maximum atomic E-state index is 11.2. The van der Waals surface area contributed by atoms with Crippen LogP contribution in [0.5, 0.6) is 0 Å². The Bertz CT molecular complexity index is 1150. The summed E-state index contributed by atoms with van der Waals surface area (Å²) in [6.07, 6.45) is 0. The van der Waals surface area contributed by atoms with Gasteiger partial charge in [-0.05, 0) is 49.6 Å². The zero-order valence-electron chi connectivity index (χ0n) is 13.8. The first kappa shape index (κ1) is 15.5. The van der Waals surface area contributed by atoms with Gasteiger partial charge in [0, 0.05) is 6.07 Å². The Morgan fingerprint density at radius 3 is 2.64 bits per heavy atom. The van der Waals surface area contributed by atoms with Gasteiger partial charge in [0.1, 0.15) is 5.52 Å². The second-order valence-corrected chi connectivity index (χ2v) is 7.01. The van der Waals surface area contributed by atoms with Gasteiger partial charge in [0.15, 0.2) is 16.2 Å². The fraction of sp³-hybridized carbons (Fsp3) is 0.176. The standard InChI is InChI=1S/C17H14N4O3S/c1-8-4-10(3)15-11(5-8)18-16(24-15)20-17-19-14-12(21(22)23)6-9(2)7-13(14)25-17/h4-7H,1-3H3,(H,18,19,20). The number of nitro groups is 1. The van der Waals surface area contributed by atoms with Gasteiger partial charge in [-0.25, -0.2) is 4.98 Å². The maximum Gasteiger partial charge on any atom is 0.302 e. The first-order valence-electron chi connectivity index (χ1n) is 7.61. The summed E-state index contributed by atoms with van der Waals surface area (Å²) in [4.78, 5) is 19.6. The number of aryl methyl sites for hydroxylation is 3. The number of benzene rings is 2. The molecule has 126 valence electrons. The number of thiazole rings is 1. The SMILES string of the molecule is Cc1cc(C)c2oc(Nc3nc4c([N+](=O)[O-])cc(C)cc4s3)nc2c1. The first-order valence-corrected chi connectivity index (χ1v) is 8.43.